The van der Waals surface area contributed by atoms with Crippen molar-refractivity contribution in [3.05, 3.63) is 35.8 Å². The van der Waals surface area contributed by atoms with E-state index >= 15 is 0 Å². The van der Waals surface area contributed by atoms with Crippen molar-refractivity contribution < 1.29 is 9.31 Å². The molecule has 16 heavy (non-hydrogen) atoms. The van der Waals surface area contributed by atoms with Crippen LogP contribution in [-0.2, 0) is 0 Å². The third kappa shape index (κ3) is 2.41. The second-order valence-corrected chi connectivity index (χ2v) is 5.27. The van der Waals surface area contributed by atoms with E-state index in [2.05, 4.69) is 26.8 Å². The maximum absolute atomic E-state index is 5.72. The molecule has 0 saturated heterocycles. The first-order chi connectivity index (χ1) is 7.46. The first-order valence-corrected chi connectivity index (χ1v) is 5.57. The van der Waals surface area contributed by atoms with Crippen molar-refractivity contribution >= 4 is 7.12 Å². The highest BCUT2D eigenvalue weighted by molar-refractivity contribution is 6.56. The first kappa shape index (κ1) is 11.1. The van der Waals surface area contributed by atoms with Crippen molar-refractivity contribution in [1.82, 2.24) is 0 Å². The SMILES string of the molecule is C/C(=C\C(C)(C)C)B1Oc2ccccc2O1. The third-order valence-corrected chi connectivity index (χ3v) is 2.35. The van der Waals surface area contributed by atoms with Gasteiger partial charge in [-0.3, -0.25) is 0 Å². The van der Waals surface area contributed by atoms with E-state index in [9.17, 15) is 0 Å². The van der Waals surface area contributed by atoms with Crippen LogP contribution in [0.4, 0.5) is 0 Å². The fraction of sp³-hybridized carbons (Fsp3) is 0.385. The number of hydrogen-bond donors (Lipinski definition) is 0. The van der Waals surface area contributed by atoms with Gasteiger partial charge in [-0.2, -0.15) is 0 Å². The van der Waals surface area contributed by atoms with Gasteiger partial charge >= 0.3 is 7.12 Å². The lowest BCUT2D eigenvalue weighted by Gasteiger charge is -2.14. The molecule has 1 heterocycles. The Bertz CT molecular complexity index is 393. The number of fused-ring (bicyclic) bond motifs is 1. The normalized spacial score (nSPS) is 15.5. The van der Waals surface area contributed by atoms with Crippen LogP contribution in [0.15, 0.2) is 35.8 Å². The second kappa shape index (κ2) is 3.89. The number of benzene rings is 1. The van der Waals surface area contributed by atoms with E-state index in [1.54, 1.807) is 0 Å². The van der Waals surface area contributed by atoms with Crippen molar-refractivity contribution in [1.29, 1.82) is 0 Å². The molecule has 0 aliphatic carbocycles. The van der Waals surface area contributed by atoms with Crippen LogP contribution in [0.2, 0.25) is 0 Å². The Hall–Kier alpha value is -1.38. The Morgan fingerprint density at radius 2 is 1.62 bits per heavy atom. The molecule has 3 heteroatoms. The molecule has 2 nitrogen and oxygen atoms in total. The number of hydrogen-bond acceptors (Lipinski definition) is 2. The van der Waals surface area contributed by atoms with Crippen LogP contribution in [-0.4, -0.2) is 7.12 Å². The second-order valence-electron chi connectivity index (χ2n) is 5.27. The third-order valence-electron chi connectivity index (χ3n) is 2.35. The maximum Gasteiger partial charge on any atom is 0.627 e. The lowest BCUT2D eigenvalue weighted by molar-refractivity contribution is 0.502. The van der Waals surface area contributed by atoms with Crippen molar-refractivity contribution in [3.63, 3.8) is 0 Å². The van der Waals surface area contributed by atoms with Gasteiger partial charge in [0.05, 0.1) is 0 Å². The van der Waals surface area contributed by atoms with Crippen molar-refractivity contribution in [2.75, 3.05) is 0 Å². The minimum atomic E-state index is -0.267. The van der Waals surface area contributed by atoms with Crippen molar-refractivity contribution in [2.24, 2.45) is 5.41 Å². The smallest absolute Gasteiger partial charge is 0.519 e. The lowest BCUT2D eigenvalue weighted by Crippen LogP contribution is -2.27. The molecule has 0 aromatic heterocycles. The van der Waals surface area contributed by atoms with E-state index in [0.29, 0.717) is 0 Å². The minimum Gasteiger partial charge on any atom is -0.519 e. The van der Waals surface area contributed by atoms with Crippen LogP contribution < -0.4 is 9.31 Å². The molecule has 2 rings (SSSR count). The van der Waals surface area contributed by atoms with Crippen LogP contribution in [0, 0.1) is 5.41 Å². The zero-order valence-electron chi connectivity index (χ0n) is 10.3. The largest absolute Gasteiger partial charge is 0.627 e. The van der Waals surface area contributed by atoms with E-state index in [0.717, 1.165) is 17.0 Å². The molecular weight excluding hydrogens is 199 g/mol. The molecule has 0 spiro atoms. The predicted octanol–water partition coefficient (Wildman–Crippen LogP) is 3.48. The standard InChI is InChI=1S/C13H17BO2/c1-10(9-13(2,3)4)14-15-11-7-5-6-8-12(11)16-14/h5-9H,1-4H3/b10-9+. The summed E-state index contributed by atoms with van der Waals surface area (Å²) in [5.74, 6) is 1.66. The summed E-state index contributed by atoms with van der Waals surface area (Å²) >= 11 is 0. The zero-order valence-corrected chi connectivity index (χ0v) is 10.3. The van der Waals surface area contributed by atoms with Crippen LogP contribution in [0.5, 0.6) is 11.5 Å². The Labute approximate surface area is 97.4 Å². The summed E-state index contributed by atoms with van der Waals surface area (Å²) in [4.78, 5) is 0. The van der Waals surface area contributed by atoms with E-state index in [-0.39, 0.29) is 12.5 Å². The average Bonchev–Trinajstić information content (AvgIpc) is 2.58. The monoisotopic (exact) mass is 216 g/mol. The molecule has 1 aromatic carbocycles. The highest BCUT2D eigenvalue weighted by Crippen LogP contribution is 2.34. The van der Waals surface area contributed by atoms with Crippen LogP contribution in [0.25, 0.3) is 0 Å². The van der Waals surface area contributed by atoms with Gasteiger partial charge in [0.1, 0.15) is 11.5 Å². The zero-order chi connectivity index (χ0) is 11.8. The summed E-state index contributed by atoms with van der Waals surface area (Å²) in [6.07, 6.45) is 2.18. The van der Waals surface area contributed by atoms with Crippen LogP contribution in [0.1, 0.15) is 27.7 Å². The van der Waals surface area contributed by atoms with E-state index in [1.807, 2.05) is 31.2 Å². The molecule has 1 aliphatic heterocycles. The van der Waals surface area contributed by atoms with Gasteiger partial charge in [-0.1, -0.05) is 39.0 Å². The summed E-state index contributed by atoms with van der Waals surface area (Å²) < 4.78 is 11.4. The lowest BCUT2D eigenvalue weighted by atomic mass is 9.75. The van der Waals surface area contributed by atoms with Gasteiger partial charge in [0, 0.05) is 0 Å². The summed E-state index contributed by atoms with van der Waals surface area (Å²) in [5, 5.41) is 0. The molecule has 0 amide bonds. The number of rotatable bonds is 1. The van der Waals surface area contributed by atoms with Gasteiger partial charge in [0.15, 0.2) is 0 Å². The first-order valence-electron chi connectivity index (χ1n) is 5.57. The minimum absolute atomic E-state index is 0.144. The quantitative estimate of drug-likeness (QED) is 0.669. The highest BCUT2D eigenvalue weighted by Gasteiger charge is 2.34. The van der Waals surface area contributed by atoms with E-state index in [1.165, 1.54) is 0 Å². The number of allylic oxidation sites excluding steroid dienone is 2. The maximum atomic E-state index is 5.72. The molecule has 0 bridgehead atoms. The predicted molar refractivity (Wildman–Crippen MR) is 66.7 cm³/mol. The summed E-state index contributed by atoms with van der Waals surface area (Å²) in [6, 6.07) is 7.76. The molecule has 1 aliphatic rings. The molecule has 0 radical (unpaired) electrons. The van der Waals surface area contributed by atoms with E-state index in [4.69, 9.17) is 9.31 Å². The molecule has 1 aromatic rings. The molecule has 0 atom stereocenters. The topological polar surface area (TPSA) is 18.5 Å². The fourth-order valence-electron chi connectivity index (χ4n) is 1.84. The Kier molecular flexibility index (Phi) is 2.70. The average molecular weight is 216 g/mol. The Balaban J connectivity index is 2.15. The van der Waals surface area contributed by atoms with Gasteiger partial charge in [0.25, 0.3) is 0 Å². The number of para-hydroxylation sites is 2. The van der Waals surface area contributed by atoms with Gasteiger partial charge in [0.2, 0.25) is 0 Å². The molecule has 0 saturated carbocycles. The van der Waals surface area contributed by atoms with Gasteiger partial charge < -0.3 is 9.31 Å². The summed E-state index contributed by atoms with van der Waals surface area (Å²) in [6.45, 7) is 8.54. The van der Waals surface area contributed by atoms with Crippen LogP contribution >= 0.6 is 0 Å². The molecule has 84 valence electrons. The molecule has 0 N–H and O–H groups in total. The molecular formula is C13H17BO2. The Morgan fingerprint density at radius 3 is 2.06 bits per heavy atom. The van der Waals surface area contributed by atoms with Gasteiger partial charge in [-0.25, -0.2) is 0 Å². The molecule has 0 unspecified atom stereocenters. The summed E-state index contributed by atoms with van der Waals surface area (Å²) in [5.41, 5.74) is 1.26. The van der Waals surface area contributed by atoms with Crippen molar-refractivity contribution in [3.8, 4) is 11.5 Å². The highest BCUT2D eigenvalue weighted by atomic mass is 16.6. The Morgan fingerprint density at radius 1 is 1.12 bits per heavy atom. The van der Waals surface area contributed by atoms with E-state index < -0.39 is 0 Å². The molecule has 0 fully saturated rings. The van der Waals surface area contributed by atoms with Gasteiger partial charge in [-0.05, 0) is 29.9 Å². The van der Waals surface area contributed by atoms with Gasteiger partial charge in [-0.15, -0.1) is 0 Å². The summed E-state index contributed by atoms with van der Waals surface area (Å²) in [7, 11) is -0.267. The van der Waals surface area contributed by atoms with Crippen molar-refractivity contribution in [2.45, 2.75) is 27.7 Å². The fourth-order valence-corrected chi connectivity index (χ4v) is 1.84. The van der Waals surface area contributed by atoms with Crippen LogP contribution in [0.3, 0.4) is 0 Å².